The van der Waals surface area contributed by atoms with Gasteiger partial charge in [-0.15, -0.1) is 0 Å². The van der Waals surface area contributed by atoms with E-state index in [0.29, 0.717) is 5.95 Å². The van der Waals surface area contributed by atoms with Crippen molar-refractivity contribution in [3.05, 3.63) is 77.6 Å². The second kappa shape index (κ2) is 7.04. The standard InChI is InChI=1S/C20H20N4/c1-14-13-15(2)22-20(21-14)24-23-16(3)17-9-11-19(12-10-17)18-7-5-4-6-8-18/h4-13H,1-3H3,(H,21,22,24). The highest BCUT2D eigenvalue weighted by Crippen LogP contribution is 2.19. The van der Waals surface area contributed by atoms with Crippen LogP contribution in [0.15, 0.2) is 65.8 Å². The van der Waals surface area contributed by atoms with Crippen LogP contribution in [0.25, 0.3) is 11.1 Å². The molecule has 4 nitrogen and oxygen atoms in total. The Morgan fingerprint density at radius 1 is 0.833 bits per heavy atom. The number of nitrogens with zero attached hydrogens (tertiary/aromatic N) is 3. The molecule has 0 aliphatic carbocycles. The van der Waals surface area contributed by atoms with Gasteiger partial charge < -0.3 is 0 Å². The predicted molar refractivity (Wildman–Crippen MR) is 99.2 cm³/mol. The smallest absolute Gasteiger partial charge is 0.243 e. The molecule has 0 aliphatic rings. The van der Waals surface area contributed by atoms with Crippen LogP contribution in [0.3, 0.4) is 0 Å². The summed E-state index contributed by atoms with van der Waals surface area (Å²) in [7, 11) is 0. The van der Waals surface area contributed by atoms with Gasteiger partial charge in [0.2, 0.25) is 5.95 Å². The number of aromatic nitrogens is 2. The molecule has 3 rings (SSSR count). The third-order valence-corrected chi connectivity index (χ3v) is 3.72. The van der Waals surface area contributed by atoms with Crippen LogP contribution in [0.1, 0.15) is 23.9 Å². The number of hydrazone groups is 1. The molecule has 0 fully saturated rings. The number of anilines is 1. The van der Waals surface area contributed by atoms with Crippen LogP contribution in [0.5, 0.6) is 0 Å². The van der Waals surface area contributed by atoms with Gasteiger partial charge in [-0.2, -0.15) is 5.10 Å². The highest BCUT2D eigenvalue weighted by Gasteiger charge is 2.02. The fourth-order valence-electron chi connectivity index (χ4n) is 2.51. The van der Waals surface area contributed by atoms with Gasteiger partial charge in [0.05, 0.1) is 5.71 Å². The molecule has 3 aromatic rings. The van der Waals surface area contributed by atoms with Crippen molar-refractivity contribution in [2.45, 2.75) is 20.8 Å². The first-order chi connectivity index (χ1) is 11.6. The van der Waals surface area contributed by atoms with Crippen molar-refractivity contribution in [2.24, 2.45) is 5.10 Å². The zero-order valence-electron chi connectivity index (χ0n) is 14.1. The minimum Gasteiger partial charge on any atom is -0.245 e. The highest BCUT2D eigenvalue weighted by atomic mass is 15.4. The van der Waals surface area contributed by atoms with Crippen molar-refractivity contribution in [1.29, 1.82) is 0 Å². The number of aryl methyl sites for hydroxylation is 2. The largest absolute Gasteiger partial charge is 0.245 e. The van der Waals surface area contributed by atoms with Crippen LogP contribution in [0, 0.1) is 13.8 Å². The average Bonchev–Trinajstić information content (AvgIpc) is 2.60. The van der Waals surface area contributed by atoms with Crippen LogP contribution in [-0.4, -0.2) is 15.7 Å². The fraction of sp³-hybridized carbons (Fsp3) is 0.150. The predicted octanol–water partition coefficient (Wildman–Crippen LogP) is 4.60. The minimum absolute atomic E-state index is 0.521. The maximum Gasteiger partial charge on any atom is 0.243 e. The monoisotopic (exact) mass is 316 g/mol. The molecule has 4 heteroatoms. The van der Waals surface area contributed by atoms with E-state index in [1.807, 2.05) is 45.0 Å². The van der Waals surface area contributed by atoms with Gasteiger partial charge in [-0.25, -0.2) is 15.4 Å². The molecular formula is C20H20N4. The van der Waals surface area contributed by atoms with E-state index < -0.39 is 0 Å². The second-order valence-electron chi connectivity index (χ2n) is 5.73. The van der Waals surface area contributed by atoms with Crippen LogP contribution in [-0.2, 0) is 0 Å². The SMILES string of the molecule is CC(=NNc1nc(C)cc(C)n1)c1ccc(-c2ccccc2)cc1. The molecule has 0 radical (unpaired) electrons. The first kappa shape index (κ1) is 15.9. The zero-order chi connectivity index (χ0) is 16.9. The lowest BCUT2D eigenvalue weighted by Crippen LogP contribution is -2.03. The summed E-state index contributed by atoms with van der Waals surface area (Å²) in [5.41, 5.74) is 9.13. The lowest BCUT2D eigenvalue weighted by molar-refractivity contribution is 1.03. The number of nitrogens with one attached hydrogen (secondary N) is 1. The zero-order valence-corrected chi connectivity index (χ0v) is 14.1. The van der Waals surface area contributed by atoms with Gasteiger partial charge in [0, 0.05) is 11.4 Å². The van der Waals surface area contributed by atoms with Gasteiger partial charge in [0.25, 0.3) is 0 Å². The normalized spacial score (nSPS) is 11.4. The first-order valence-corrected chi connectivity index (χ1v) is 7.90. The summed E-state index contributed by atoms with van der Waals surface area (Å²) in [6.07, 6.45) is 0. The maximum absolute atomic E-state index is 4.39. The molecule has 0 amide bonds. The molecule has 0 atom stereocenters. The van der Waals surface area contributed by atoms with E-state index in [1.54, 1.807) is 0 Å². The summed E-state index contributed by atoms with van der Waals surface area (Å²) in [6.45, 7) is 5.85. The molecular weight excluding hydrogens is 296 g/mol. The van der Waals surface area contributed by atoms with E-state index in [4.69, 9.17) is 0 Å². The quantitative estimate of drug-likeness (QED) is 0.565. The number of hydrogen-bond donors (Lipinski definition) is 1. The van der Waals surface area contributed by atoms with E-state index >= 15 is 0 Å². The molecule has 0 unspecified atom stereocenters. The lowest BCUT2D eigenvalue weighted by atomic mass is 10.0. The average molecular weight is 316 g/mol. The van der Waals surface area contributed by atoms with Gasteiger partial charge in [0.15, 0.2) is 0 Å². The topological polar surface area (TPSA) is 50.2 Å². The Morgan fingerprint density at radius 2 is 1.42 bits per heavy atom. The Kier molecular flexibility index (Phi) is 4.66. The van der Waals surface area contributed by atoms with Crippen molar-refractivity contribution >= 4 is 11.7 Å². The van der Waals surface area contributed by atoms with E-state index in [9.17, 15) is 0 Å². The van der Waals surface area contributed by atoms with Crippen molar-refractivity contribution < 1.29 is 0 Å². The molecule has 1 aromatic heterocycles. The number of rotatable bonds is 4. The molecule has 120 valence electrons. The lowest BCUT2D eigenvalue weighted by Gasteiger charge is -2.06. The summed E-state index contributed by atoms with van der Waals surface area (Å²) in [4.78, 5) is 8.65. The molecule has 0 saturated heterocycles. The summed E-state index contributed by atoms with van der Waals surface area (Å²) in [6, 6.07) is 20.6. The highest BCUT2D eigenvalue weighted by molar-refractivity contribution is 5.99. The van der Waals surface area contributed by atoms with Crippen molar-refractivity contribution in [3.63, 3.8) is 0 Å². The fourth-order valence-corrected chi connectivity index (χ4v) is 2.51. The minimum atomic E-state index is 0.521. The number of benzene rings is 2. The maximum atomic E-state index is 4.39. The van der Waals surface area contributed by atoms with Gasteiger partial charge in [-0.1, -0.05) is 54.6 Å². The summed E-state index contributed by atoms with van der Waals surface area (Å²) < 4.78 is 0. The Hall–Kier alpha value is -3.01. The van der Waals surface area contributed by atoms with Gasteiger partial charge >= 0.3 is 0 Å². The van der Waals surface area contributed by atoms with E-state index in [1.165, 1.54) is 11.1 Å². The molecule has 0 aliphatic heterocycles. The summed E-state index contributed by atoms with van der Waals surface area (Å²) in [5, 5.41) is 4.39. The molecule has 0 spiro atoms. The number of hydrogen-bond acceptors (Lipinski definition) is 4. The molecule has 24 heavy (non-hydrogen) atoms. The van der Waals surface area contributed by atoms with Crippen molar-refractivity contribution in [2.75, 3.05) is 5.43 Å². The third-order valence-electron chi connectivity index (χ3n) is 3.72. The van der Waals surface area contributed by atoms with E-state index in [2.05, 4.69) is 56.9 Å². The second-order valence-corrected chi connectivity index (χ2v) is 5.73. The molecule has 1 N–H and O–H groups in total. The molecule has 2 aromatic carbocycles. The Labute approximate surface area is 142 Å². The van der Waals surface area contributed by atoms with E-state index in [0.717, 1.165) is 22.7 Å². The first-order valence-electron chi connectivity index (χ1n) is 7.90. The van der Waals surface area contributed by atoms with Crippen molar-refractivity contribution in [1.82, 2.24) is 9.97 Å². The van der Waals surface area contributed by atoms with Gasteiger partial charge in [-0.3, -0.25) is 0 Å². The van der Waals surface area contributed by atoms with Gasteiger partial charge in [0.1, 0.15) is 0 Å². The Morgan fingerprint density at radius 3 is 2.04 bits per heavy atom. The molecule has 0 bridgehead atoms. The van der Waals surface area contributed by atoms with Gasteiger partial charge in [-0.05, 0) is 43.5 Å². The van der Waals surface area contributed by atoms with Crippen molar-refractivity contribution in [3.8, 4) is 11.1 Å². The molecule has 1 heterocycles. The van der Waals surface area contributed by atoms with E-state index in [-0.39, 0.29) is 0 Å². The van der Waals surface area contributed by atoms with Crippen LogP contribution in [0.4, 0.5) is 5.95 Å². The van der Waals surface area contributed by atoms with Crippen LogP contribution >= 0.6 is 0 Å². The van der Waals surface area contributed by atoms with Crippen LogP contribution < -0.4 is 5.43 Å². The summed E-state index contributed by atoms with van der Waals surface area (Å²) in [5.74, 6) is 0.521. The van der Waals surface area contributed by atoms with Crippen LogP contribution in [0.2, 0.25) is 0 Å². The summed E-state index contributed by atoms with van der Waals surface area (Å²) >= 11 is 0. The molecule has 0 saturated carbocycles. The Bertz CT molecular complexity index is 832. The Balaban J connectivity index is 1.76. The third kappa shape index (κ3) is 3.84.